The van der Waals surface area contributed by atoms with Gasteiger partial charge in [-0.2, -0.15) is 0 Å². The van der Waals surface area contributed by atoms with Gasteiger partial charge in [0.05, 0.1) is 25.2 Å². The topological polar surface area (TPSA) is 55.8 Å². The van der Waals surface area contributed by atoms with E-state index in [0.717, 1.165) is 52.1 Å². The normalized spacial score (nSPS) is 38.5. The van der Waals surface area contributed by atoms with E-state index >= 15 is 0 Å². The maximum Gasteiger partial charge on any atom is 0.313 e. The van der Waals surface area contributed by atoms with E-state index < -0.39 is 10.8 Å². The molecule has 0 aromatic carbocycles. The molecule has 3 fully saturated rings. The van der Waals surface area contributed by atoms with Crippen molar-refractivity contribution in [2.24, 2.45) is 16.7 Å². The molecule has 3 atom stereocenters. The van der Waals surface area contributed by atoms with Crippen LogP contribution in [0.2, 0.25) is 0 Å². The fourth-order valence-corrected chi connectivity index (χ4v) is 4.47. The lowest BCUT2D eigenvalue weighted by molar-refractivity contribution is -0.163. The van der Waals surface area contributed by atoms with Crippen molar-refractivity contribution in [3.63, 3.8) is 0 Å². The summed E-state index contributed by atoms with van der Waals surface area (Å²) in [4.78, 5) is 27.1. The molecule has 5 heteroatoms. The summed E-state index contributed by atoms with van der Waals surface area (Å²) in [5.74, 6) is 0.263. The van der Waals surface area contributed by atoms with Gasteiger partial charge in [-0.3, -0.25) is 14.5 Å². The van der Waals surface area contributed by atoms with Gasteiger partial charge >= 0.3 is 5.97 Å². The third-order valence-corrected chi connectivity index (χ3v) is 6.38. The van der Waals surface area contributed by atoms with Crippen molar-refractivity contribution >= 4 is 11.8 Å². The van der Waals surface area contributed by atoms with Crippen LogP contribution in [0.25, 0.3) is 0 Å². The van der Waals surface area contributed by atoms with Crippen LogP contribution < -0.4 is 0 Å². The van der Waals surface area contributed by atoms with Crippen LogP contribution in [0.1, 0.15) is 39.5 Å². The zero-order valence-electron chi connectivity index (χ0n) is 13.7. The van der Waals surface area contributed by atoms with E-state index in [-0.39, 0.29) is 17.7 Å². The summed E-state index contributed by atoms with van der Waals surface area (Å²) in [6, 6.07) is 0. The highest BCUT2D eigenvalue weighted by atomic mass is 16.5. The Hall–Kier alpha value is -0.940. The molecule has 3 rings (SSSR count). The lowest BCUT2D eigenvalue weighted by Gasteiger charge is -2.34. The number of hydrogen-bond acceptors (Lipinski definition) is 5. The molecule has 22 heavy (non-hydrogen) atoms. The first kappa shape index (κ1) is 15.9. The maximum atomic E-state index is 12.6. The number of fused-ring (bicyclic) bond motifs is 2. The molecule has 5 nitrogen and oxygen atoms in total. The minimum Gasteiger partial charge on any atom is -0.465 e. The van der Waals surface area contributed by atoms with Crippen LogP contribution in [0.5, 0.6) is 0 Å². The molecule has 0 aromatic rings. The highest BCUT2D eigenvalue weighted by Crippen LogP contribution is 2.64. The molecule has 0 aromatic heterocycles. The predicted molar refractivity (Wildman–Crippen MR) is 81.4 cm³/mol. The largest absolute Gasteiger partial charge is 0.465 e. The molecule has 1 aliphatic heterocycles. The summed E-state index contributed by atoms with van der Waals surface area (Å²) >= 11 is 0. The van der Waals surface area contributed by atoms with Gasteiger partial charge in [-0.15, -0.1) is 0 Å². The Kier molecular flexibility index (Phi) is 4.29. The summed E-state index contributed by atoms with van der Waals surface area (Å²) in [5.41, 5.74) is -1.11. The number of carbonyl (C=O) groups is 2. The molecule has 2 aliphatic carbocycles. The van der Waals surface area contributed by atoms with Crippen LogP contribution in [-0.2, 0) is 19.1 Å². The Morgan fingerprint density at radius 2 is 2.09 bits per heavy atom. The van der Waals surface area contributed by atoms with Crippen molar-refractivity contribution in [3.05, 3.63) is 0 Å². The number of rotatable bonds is 5. The van der Waals surface area contributed by atoms with Gasteiger partial charge in [0, 0.05) is 31.5 Å². The van der Waals surface area contributed by atoms with Crippen molar-refractivity contribution < 1.29 is 19.1 Å². The average molecular weight is 309 g/mol. The van der Waals surface area contributed by atoms with Gasteiger partial charge in [0.15, 0.2) is 0 Å². The first-order valence-corrected chi connectivity index (χ1v) is 8.49. The number of Topliss-reactive ketones (excluding diaryl/α,β-unsaturated/α-hetero) is 1. The van der Waals surface area contributed by atoms with E-state index in [1.165, 1.54) is 0 Å². The quantitative estimate of drug-likeness (QED) is 0.571. The minimum atomic E-state index is -0.608. The van der Waals surface area contributed by atoms with Gasteiger partial charge in [-0.25, -0.2) is 0 Å². The second-order valence-corrected chi connectivity index (χ2v) is 7.34. The summed E-state index contributed by atoms with van der Waals surface area (Å²) in [7, 11) is 0. The summed E-state index contributed by atoms with van der Waals surface area (Å²) < 4.78 is 10.9. The number of morpholine rings is 1. The monoisotopic (exact) mass is 309 g/mol. The molecule has 2 bridgehead atoms. The second-order valence-electron chi connectivity index (χ2n) is 7.34. The molecule has 0 N–H and O–H groups in total. The molecular formula is C17H27NO4. The standard InChI is InChI=1S/C17H27NO4/c1-16-5-4-13(12-14(16)19)17(16,2)15(20)22-9-3-6-18-7-10-21-11-8-18/h13H,3-12H2,1-2H3. The van der Waals surface area contributed by atoms with Crippen molar-refractivity contribution in [1.29, 1.82) is 0 Å². The predicted octanol–water partition coefficient (Wildman–Crippen LogP) is 1.65. The number of ether oxygens (including phenoxy) is 2. The van der Waals surface area contributed by atoms with Crippen LogP contribution in [0, 0.1) is 16.7 Å². The average Bonchev–Trinajstić information content (AvgIpc) is 2.89. The van der Waals surface area contributed by atoms with Crippen molar-refractivity contribution in [1.82, 2.24) is 4.90 Å². The molecule has 1 heterocycles. The Morgan fingerprint density at radius 1 is 1.36 bits per heavy atom. The van der Waals surface area contributed by atoms with E-state index in [2.05, 4.69) is 4.90 Å². The molecule has 1 saturated heterocycles. The van der Waals surface area contributed by atoms with Crippen LogP contribution in [-0.4, -0.2) is 56.1 Å². The minimum absolute atomic E-state index is 0.162. The van der Waals surface area contributed by atoms with Crippen LogP contribution >= 0.6 is 0 Å². The SMILES string of the molecule is CC12CCC(CC1=O)C2(C)C(=O)OCCCN1CCOCC1. The van der Waals surface area contributed by atoms with Crippen molar-refractivity contribution in [2.45, 2.75) is 39.5 Å². The third-order valence-electron chi connectivity index (χ3n) is 6.38. The van der Waals surface area contributed by atoms with E-state index in [4.69, 9.17) is 9.47 Å². The Bertz CT molecular complexity index is 460. The molecule has 3 aliphatic rings. The smallest absolute Gasteiger partial charge is 0.313 e. The van der Waals surface area contributed by atoms with Gasteiger partial charge < -0.3 is 9.47 Å². The molecule has 0 spiro atoms. The molecule has 2 saturated carbocycles. The van der Waals surface area contributed by atoms with Gasteiger partial charge in [-0.05, 0) is 32.1 Å². The third kappa shape index (κ3) is 2.38. The van der Waals surface area contributed by atoms with E-state index in [9.17, 15) is 9.59 Å². The van der Waals surface area contributed by atoms with Gasteiger partial charge in [0.2, 0.25) is 0 Å². The second kappa shape index (κ2) is 5.93. The van der Waals surface area contributed by atoms with Crippen LogP contribution in [0.15, 0.2) is 0 Å². The Morgan fingerprint density at radius 3 is 2.68 bits per heavy atom. The number of nitrogens with zero attached hydrogens (tertiary/aromatic N) is 1. The van der Waals surface area contributed by atoms with Gasteiger partial charge in [0.25, 0.3) is 0 Å². The fraction of sp³-hybridized carbons (Fsp3) is 0.882. The number of esters is 1. The summed E-state index contributed by atoms with van der Waals surface area (Å²) in [5, 5.41) is 0. The summed E-state index contributed by atoms with van der Waals surface area (Å²) in [6.45, 7) is 8.79. The van der Waals surface area contributed by atoms with Crippen molar-refractivity contribution in [3.8, 4) is 0 Å². The molecule has 0 amide bonds. The number of hydrogen-bond donors (Lipinski definition) is 0. The first-order chi connectivity index (χ1) is 10.5. The first-order valence-electron chi connectivity index (χ1n) is 8.49. The Labute approximate surface area is 132 Å². The van der Waals surface area contributed by atoms with Gasteiger partial charge in [-0.1, -0.05) is 6.92 Å². The maximum absolute atomic E-state index is 12.6. The van der Waals surface area contributed by atoms with E-state index in [0.29, 0.717) is 13.0 Å². The number of carbonyl (C=O) groups excluding carboxylic acids is 2. The lowest BCUT2D eigenvalue weighted by Crippen LogP contribution is -2.43. The summed E-state index contributed by atoms with van der Waals surface area (Å²) in [6.07, 6.45) is 3.20. The molecule has 3 unspecified atom stereocenters. The lowest BCUT2D eigenvalue weighted by atomic mass is 9.69. The molecular weight excluding hydrogens is 282 g/mol. The molecule has 0 radical (unpaired) electrons. The van der Waals surface area contributed by atoms with Crippen molar-refractivity contribution in [2.75, 3.05) is 39.5 Å². The highest BCUT2D eigenvalue weighted by Gasteiger charge is 2.68. The Balaban J connectivity index is 1.49. The zero-order chi connectivity index (χ0) is 15.8. The zero-order valence-corrected chi connectivity index (χ0v) is 13.7. The van der Waals surface area contributed by atoms with E-state index in [1.807, 2.05) is 13.8 Å². The molecule has 124 valence electrons. The highest BCUT2D eigenvalue weighted by molar-refractivity contribution is 5.97. The van der Waals surface area contributed by atoms with Gasteiger partial charge in [0.1, 0.15) is 5.78 Å². The van der Waals surface area contributed by atoms with Crippen LogP contribution in [0.4, 0.5) is 0 Å². The fourth-order valence-electron chi connectivity index (χ4n) is 4.47. The number of ketones is 1. The van der Waals surface area contributed by atoms with E-state index in [1.54, 1.807) is 0 Å². The van der Waals surface area contributed by atoms with Crippen LogP contribution in [0.3, 0.4) is 0 Å².